The van der Waals surface area contributed by atoms with Crippen LogP contribution in [0.5, 0.6) is 5.75 Å². The SMILES string of the molecule is CN1CCN(CCCCOc2ccc3ccc(=O)[nH]c3c2)CCN1c1cccc2sccc12. The molecule has 5 rings (SSSR count). The van der Waals surface area contributed by atoms with Gasteiger partial charge in [0.2, 0.25) is 5.56 Å². The first-order chi connectivity index (χ1) is 16.2. The van der Waals surface area contributed by atoms with Crippen molar-refractivity contribution in [3.05, 3.63) is 70.3 Å². The lowest BCUT2D eigenvalue weighted by Gasteiger charge is -2.32. The molecule has 33 heavy (non-hydrogen) atoms. The number of hydrazine groups is 1. The van der Waals surface area contributed by atoms with Gasteiger partial charge in [0.05, 0.1) is 17.8 Å². The molecule has 7 heteroatoms. The van der Waals surface area contributed by atoms with Crippen molar-refractivity contribution in [3.63, 3.8) is 0 Å². The topological polar surface area (TPSA) is 51.8 Å². The number of benzene rings is 2. The van der Waals surface area contributed by atoms with E-state index in [9.17, 15) is 4.79 Å². The van der Waals surface area contributed by atoms with Gasteiger partial charge in [0.25, 0.3) is 0 Å². The minimum atomic E-state index is -0.0895. The molecule has 0 aliphatic carbocycles. The van der Waals surface area contributed by atoms with Crippen molar-refractivity contribution in [2.24, 2.45) is 0 Å². The summed E-state index contributed by atoms with van der Waals surface area (Å²) in [4.78, 5) is 16.9. The molecule has 0 atom stereocenters. The zero-order chi connectivity index (χ0) is 22.6. The molecular weight excluding hydrogens is 432 g/mol. The van der Waals surface area contributed by atoms with Gasteiger partial charge in [0.15, 0.2) is 0 Å². The Bertz CT molecular complexity index is 1280. The number of thiophene rings is 1. The quantitative estimate of drug-likeness (QED) is 0.408. The molecule has 0 saturated carbocycles. The largest absolute Gasteiger partial charge is 0.494 e. The average Bonchev–Trinajstić information content (AvgIpc) is 3.23. The van der Waals surface area contributed by atoms with Gasteiger partial charge in [-0.3, -0.25) is 4.79 Å². The van der Waals surface area contributed by atoms with Crippen LogP contribution in [-0.4, -0.2) is 61.3 Å². The van der Waals surface area contributed by atoms with E-state index >= 15 is 0 Å². The molecule has 6 nitrogen and oxygen atoms in total. The molecule has 1 fully saturated rings. The van der Waals surface area contributed by atoms with Crippen molar-refractivity contribution in [2.75, 3.05) is 51.4 Å². The zero-order valence-electron chi connectivity index (χ0n) is 19.0. The van der Waals surface area contributed by atoms with Gasteiger partial charge >= 0.3 is 0 Å². The first kappa shape index (κ1) is 21.9. The highest BCUT2D eigenvalue weighted by Crippen LogP contribution is 2.31. The molecule has 0 amide bonds. The highest BCUT2D eigenvalue weighted by Gasteiger charge is 2.21. The van der Waals surface area contributed by atoms with Crippen molar-refractivity contribution in [1.82, 2.24) is 14.9 Å². The summed E-state index contributed by atoms with van der Waals surface area (Å²) >= 11 is 1.80. The second-order valence-electron chi connectivity index (χ2n) is 8.58. The summed E-state index contributed by atoms with van der Waals surface area (Å²) in [6.45, 7) is 5.92. The summed E-state index contributed by atoms with van der Waals surface area (Å²) in [5.74, 6) is 0.805. The van der Waals surface area contributed by atoms with Gasteiger partial charge in [-0.05, 0) is 66.6 Å². The standard InChI is InChI=1S/C26H30N4O2S/c1-28-13-14-29(15-16-30(28)24-5-4-6-25-22(24)11-18-33-25)12-2-3-17-32-21-9-7-20-8-10-26(31)27-23(20)19-21/h4-11,18-19H,2-3,12-17H2,1H3,(H,27,31). The smallest absolute Gasteiger partial charge is 0.248 e. The van der Waals surface area contributed by atoms with E-state index in [4.69, 9.17) is 4.74 Å². The Labute approximate surface area is 198 Å². The van der Waals surface area contributed by atoms with Crippen LogP contribution in [0.1, 0.15) is 12.8 Å². The van der Waals surface area contributed by atoms with Gasteiger partial charge in [0, 0.05) is 55.4 Å². The fourth-order valence-corrected chi connectivity index (χ4v) is 5.31. The molecule has 2 aromatic heterocycles. The van der Waals surface area contributed by atoms with Crippen molar-refractivity contribution in [1.29, 1.82) is 0 Å². The lowest BCUT2D eigenvalue weighted by atomic mass is 10.2. The number of nitrogens with zero attached hydrogens (tertiary/aromatic N) is 3. The molecule has 0 bridgehead atoms. The van der Waals surface area contributed by atoms with Crippen LogP contribution in [0, 0.1) is 0 Å². The molecular formula is C26H30N4O2S. The first-order valence-corrected chi connectivity index (χ1v) is 12.5. The molecule has 2 aromatic carbocycles. The zero-order valence-corrected chi connectivity index (χ0v) is 19.8. The van der Waals surface area contributed by atoms with E-state index in [1.54, 1.807) is 17.4 Å². The summed E-state index contributed by atoms with van der Waals surface area (Å²) in [5, 5.41) is 9.33. The maximum atomic E-state index is 11.5. The Balaban J connectivity index is 1.10. The highest BCUT2D eigenvalue weighted by molar-refractivity contribution is 7.17. The molecule has 0 unspecified atom stereocenters. The number of anilines is 1. The number of aromatic amines is 1. The minimum Gasteiger partial charge on any atom is -0.494 e. The summed E-state index contributed by atoms with van der Waals surface area (Å²) < 4.78 is 7.28. The second-order valence-corrected chi connectivity index (χ2v) is 9.53. The Morgan fingerprint density at radius 3 is 2.82 bits per heavy atom. The molecule has 0 radical (unpaired) electrons. The van der Waals surface area contributed by atoms with Gasteiger partial charge in [-0.25, -0.2) is 5.01 Å². The van der Waals surface area contributed by atoms with Gasteiger partial charge in [-0.15, -0.1) is 11.3 Å². The summed E-state index contributed by atoms with van der Waals surface area (Å²) in [5.41, 5.74) is 2.04. The fraction of sp³-hybridized carbons (Fsp3) is 0.346. The van der Waals surface area contributed by atoms with Crippen LogP contribution in [-0.2, 0) is 0 Å². The number of rotatable bonds is 7. The highest BCUT2D eigenvalue weighted by atomic mass is 32.1. The van der Waals surface area contributed by atoms with Gasteiger partial charge in [0.1, 0.15) is 5.75 Å². The lowest BCUT2D eigenvalue weighted by Crippen LogP contribution is -2.40. The van der Waals surface area contributed by atoms with Gasteiger partial charge in [-0.1, -0.05) is 6.07 Å². The van der Waals surface area contributed by atoms with Crippen LogP contribution < -0.4 is 15.3 Å². The number of hydrogen-bond acceptors (Lipinski definition) is 6. The number of H-pyrrole nitrogens is 1. The number of pyridine rings is 1. The van der Waals surface area contributed by atoms with Crippen LogP contribution in [0.15, 0.2) is 64.8 Å². The Morgan fingerprint density at radius 1 is 1.00 bits per heavy atom. The Hall–Kier alpha value is -2.87. The van der Waals surface area contributed by atoms with Gasteiger partial charge in [-0.2, -0.15) is 0 Å². The van der Waals surface area contributed by atoms with E-state index in [-0.39, 0.29) is 5.56 Å². The van der Waals surface area contributed by atoms with Gasteiger partial charge < -0.3 is 19.6 Å². The maximum Gasteiger partial charge on any atom is 0.248 e. The van der Waals surface area contributed by atoms with Crippen molar-refractivity contribution in [3.8, 4) is 5.75 Å². The molecule has 3 heterocycles. The predicted molar refractivity (Wildman–Crippen MR) is 138 cm³/mol. The molecule has 4 aromatic rings. The van der Waals surface area contributed by atoms with E-state index in [0.29, 0.717) is 6.61 Å². The lowest BCUT2D eigenvalue weighted by molar-refractivity contribution is 0.253. The van der Waals surface area contributed by atoms with E-state index in [1.807, 2.05) is 24.3 Å². The minimum absolute atomic E-state index is 0.0895. The maximum absolute atomic E-state index is 11.5. The number of hydrogen-bond donors (Lipinski definition) is 1. The molecule has 0 spiro atoms. The number of likely N-dealkylation sites (N-methyl/N-ethyl adjacent to an activating group) is 1. The second kappa shape index (κ2) is 9.95. The van der Waals surface area contributed by atoms with Crippen LogP contribution in [0.2, 0.25) is 0 Å². The van der Waals surface area contributed by atoms with Crippen LogP contribution in [0.4, 0.5) is 5.69 Å². The summed E-state index contributed by atoms with van der Waals surface area (Å²) in [6, 6.07) is 18.1. The fourth-order valence-electron chi connectivity index (χ4n) is 4.50. The molecule has 1 aliphatic heterocycles. The van der Waals surface area contributed by atoms with Crippen LogP contribution in [0.25, 0.3) is 21.0 Å². The third kappa shape index (κ3) is 5.05. The molecule has 1 saturated heterocycles. The number of unbranched alkanes of at least 4 members (excludes halogenated alkanes) is 1. The number of fused-ring (bicyclic) bond motifs is 2. The average molecular weight is 463 g/mol. The third-order valence-corrected chi connectivity index (χ3v) is 7.25. The van der Waals surface area contributed by atoms with Crippen molar-refractivity contribution < 1.29 is 4.74 Å². The predicted octanol–water partition coefficient (Wildman–Crippen LogP) is 4.57. The molecule has 1 aliphatic rings. The van der Waals surface area contributed by atoms with E-state index in [1.165, 1.54) is 15.8 Å². The van der Waals surface area contributed by atoms with Crippen LogP contribution in [0.3, 0.4) is 0 Å². The monoisotopic (exact) mass is 462 g/mol. The van der Waals surface area contributed by atoms with E-state index in [2.05, 4.69) is 56.6 Å². The molecule has 1 N–H and O–H groups in total. The number of ether oxygens (including phenoxy) is 1. The van der Waals surface area contributed by atoms with E-state index in [0.717, 1.165) is 62.2 Å². The van der Waals surface area contributed by atoms with E-state index < -0.39 is 0 Å². The first-order valence-electron chi connectivity index (χ1n) is 11.6. The summed E-state index contributed by atoms with van der Waals surface area (Å²) in [7, 11) is 2.19. The Kier molecular flexibility index (Phi) is 6.62. The normalized spacial score (nSPS) is 15.8. The Morgan fingerprint density at radius 2 is 1.88 bits per heavy atom. The van der Waals surface area contributed by atoms with Crippen LogP contribution >= 0.6 is 11.3 Å². The van der Waals surface area contributed by atoms with Crippen molar-refractivity contribution >= 4 is 38.0 Å². The third-order valence-electron chi connectivity index (χ3n) is 6.37. The number of nitrogens with one attached hydrogen (secondary N) is 1. The summed E-state index contributed by atoms with van der Waals surface area (Å²) in [6.07, 6.45) is 2.11. The van der Waals surface area contributed by atoms with Crippen molar-refractivity contribution in [2.45, 2.75) is 12.8 Å². The number of aromatic nitrogens is 1. The molecule has 172 valence electrons.